The molecule has 208 valence electrons. The highest BCUT2D eigenvalue weighted by Gasteiger charge is 2.35. The molecule has 1 aliphatic rings. The van der Waals surface area contributed by atoms with E-state index in [9.17, 15) is 9.18 Å². The fourth-order valence-corrected chi connectivity index (χ4v) is 5.27. The van der Waals surface area contributed by atoms with Gasteiger partial charge in [-0.15, -0.1) is 5.10 Å². The topological polar surface area (TPSA) is 87.5 Å². The second-order valence-electron chi connectivity index (χ2n) is 8.97. The molecular formula is C28H32ClFN4O4S. The molecule has 8 nitrogen and oxygen atoms in total. The lowest BCUT2D eigenvalue weighted by Gasteiger charge is -2.28. The van der Waals surface area contributed by atoms with Crippen LogP contribution in [0.5, 0.6) is 11.5 Å². The third kappa shape index (κ3) is 6.50. The van der Waals surface area contributed by atoms with E-state index in [0.29, 0.717) is 46.9 Å². The van der Waals surface area contributed by atoms with Crippen molar-refractivity contribution in [2.75, 3.05) is 24.8 Å². The molecule has 0 saturated heterocycles. The second kappa shape index (κ2) is 13.2. The standard InChI is InChI=1S/C28H32ClFN4O4S/c1-5-7-14-39-28-32-27-31-17(3)24(26(35)37-13-6-2)25(34(27)33-28)18-11-12-22(23(15-18)36-4)38-16-19-20(29)9-8-10-21(19)30/h8-12,15,25H,5-7,13-14,16H2,1-4H3,(H,31,32,33). The highest BCUT2D eigenvalue weighted by Crippen LogP contribution is 2.40. The van der Waals surface area contributed by atoms with Gasteiger partial charge in [0.1, 0.15) is 18.5 Å². The Hall–Kier alpha value is -3.24. The van der Waals surface area contributed by atoms with Crippen LogP contribution in [-0.2, 0) is 16.1 Å². The first-order valence-electron chi connectivity index (χ1n) is 12.9. The number of methoxy groups -OCH3 is 1. The molecular weight excluding hydrogens is 543 g/mol. The molecule has 2 heterocycles. The SMILES string of the molecule is CCCCSc1nc2n(n1)C(c1ccc(OCc3c(F)cccc3Cl)c(OC)c1)C(C(=O)OCCC)=C(C)N2. The summed E-state index contributed by atoms with van der Waals surface area (Å²) in [5.41, 5.74) is 2.05. The highest BCUT2D eigenvalue weighted by atomic mass is 35.5. The average Bonchev–Trinajstić information content (AvgIpc) is 3.33. The first-order valence-corrected chi connectivity index (χ1v) is 14.2. The number of carbonyl (C=O) groups excluding carboxylic acids is 1. The summed E-state index contributed by atoms with van der Waals surface area (Å²) in [5, 5.41) is 8.86. The zero-order chi connectivity index (χ0) is 27.9. The maximum Gasteiger partial charge on any atom is 0.338 e. The number of allylic oxidation sites excluding steroid dienone is 1. The van der Waals surface area contributed by atoms with E-state index in [-0.39, 0.29) is 17.2 Å². The number of nitrogens with one attached hydrogen (secondary N) is 1. The molecule has 1 aliphatic heterocycles. The predicted molar refractivity (Wildman–Crippen MR) is 150 cm³/mol. The molecule has 1 N–H and O–H groups in total. The van der Waals surface area contributed by atoms with Crippen molar-refractivity contribution >= 4 is 35.3 Å². The van der Waals surface area contributed by atoms with Crippen LogP contribution < -0.4 is 14.8 Å². The molecule has 11 heteroatoms. The number of anilines is 1. The monoisotopic (exact) mass is 574 g/mol. The van der Waals surface area contributed by atoms with Crippen LogP contribution in [0.4, 0.5) is 10.3 Å². The lowest BCUT2D eigenvalue weighted by atomic mass is 9.95. The van der Waals surface area contributed by atoms with Gasteiger partial charge in [0.25, 0.3) is 0 Å². The third-order valence-electron chi connectivity index (χ3n) is 6.16. The molecule has 39 heavy (non-hydrogen) atoms. The van der Waals surface area contributed by atoms with Gasteiger partial charge < -0.3 is 19.5 Å². The van der Waals surface area contributed by atoms with Crippen LogP contribution in [0, 0.1) is 5.82 Å². The summed E-state index contributed by atoms with van der Waals surface area (Å²) in [7, 11) is 1.52. The minimum atomic E-state index is -0.609. The summed E-state index contributed by atoms with van der Waals surface area (Å²) >= 11 is 7.73. The van der Waals surface area contributed by atoms with Crippen molar-refractivity contribution in [3.05, 3.63) is 69.6 Å². The molecule has 0 fully saturated rings. The fourth-order valence-electron chi connectivity index (χ4n) is 4.14. The van der Waals surface area contributed by atoms with E-state index in [1.165, 1.54) is 13.2 Å². The Morgan fingerprint density at radius 3 is 2.74 bits per heavy atom. The summed E-state index contributed by atoms with van der Waals surface area (Å²) in [6.07, 6.45) is 2.83. The summed E-state index contributed by atoms with van der Waals surface area (Å²) in [6, 6.07) is 9.21. The van der Waals surface area contributed by atoms with Gasteiger partial charge in [-0.25, -0.2) is 13.9 Å². The number of hydrogen-bond donors (Lipinski definition) is 1. The van der Waals surface area contributed by atoms with Gasteiger partial charge in [-0.3, -0.25) is 0 Å². The van der Waals surface area contributed by atoms with Gasteiger partial charge in [0.2, 0.25) is 11.1 Å². The quantitative estimate of drug-likeness (QED) is 0.144. The van der Waals surface area contributed by atoms with Crippen molar-refractivity contribution in [3.8, 4) is 11.5 Å². The summed E-state index contributed by atoms with van der Waals surface area (Å²) in [5.74, 6) is 1.37. The van der Waals surface area contributed by atoms with Crippen LogP contribution in [0.2, 0.25) is 5.02 Å². The van der Waals surface area contributed by atoms with Crippen LogP contribution >= 0.6 is 23.4 Å². The van der Waals surface area contributed by atoms with Crippen molar-refractivity contribution in [3.63, 3.8) is 0 Å². The van der Waals surface area contributed by atoms with Crippen LogP contribution in [0.1, 0.15) is 57.2 Å². The maximum atomic E-state index is 14.3. The Labute approximate surface area is 236 Å². The normalized spacial score (nSPS) is 14.6. The average molecular weight is 575 g/mol. The molecule has 0 aliphatic carbocycles. The van der Waals surface area contributed by atoms with Gasteiger partial charge in [-0.05, 0) is 49.6 Å². The number of fused-ring (bicyclic) bond motifs is 1. The van der Waals surface area contributed by atoms with Gasteiger partial charge in [0.15, 0.2) is 11.5 Å². The molecule has 0 radical (unpaired) electrons. The molecule has 1 aromatic heterocycles. The lowest BCUT2D eigenvalue weighted by molar-refractivity contribution is -0.139. The van der Waals surface area contributed by atoms with Crippen molar-refractivity contribution in [1.82, 2.24) is 14.8 Å². The minimum Gasteiger partial charge on any atom is -0.493 e. The molecule has 2 aromatic carbocycles. The maximum absolute atomic E-state index is 14.3. The number of aromatic nitrogens is 3. The van der Waals surface area contributed by atoms with Gasteiger partial charge in [0.05, 0.1) is 24.3 Å². The van der Waals surface area contributed by atoms with E-state index in [4.69, 9.17) is 30.9 Å². The number of halogens is 2. The zero-order valence-electron chi connectivity index (χ0n) is 22.4. The van der Waals surface area contributed by atoms with E-state index < -0.39 is 17.8 Å². The lowest BCUT2D eigenvalue weighted by Crippen LogP contribution is -2.29. The zero-order valence-corrected chi connectivity index (χ0v) is 24.0. The Kier molecular flexibility index (Phi) is 9.74. The Morgan fingerprint density at radius 1 is 1.21 bits per heavy atom. The molecule has 0 saturated carbocycles. The number of rotatable bonds is 12. The molecule has 0 spiro atoms. The number of ether oxygens (including phenoxy) is 3. The molecule has 4 rings (SSSR count). The van der Waals surface area contributed by atoms with Gasteiger partial charge in [-0.1, -0.05) is 55.8 Å². The Balaban J connectivity index is 1.70. The molecule has 0 bridgehead atoms. The number of nitrogens with zero attached hydrogens (tertiary/aromatic N) is 3. The van der Waals surface area contributed by atoms with E-state index in [2.05, 4.69) is 17.2 Å². The Morgan fingerprint density at radius 2 is 2.03 bits per heavy atom. The van der Waals surface area contributed by atoms with Crippen LogP contribution in [-0.4, -0.2) is 40.2 Å². The predicted octanol–water partition coefficient (Wildman–Crippen LogP) is 6.79. The van der Waals surface area contributed by atoms with Crippen LogP contribution in [0.3, 0.4) is 0 Å². The molecule has 0 amide bonds. The largest absolute Gasteiger partial charge is 0.493 e. The van der Waals surface area contributed by atoms with Crippen molar-refractivity contribution in [2.24, 2.45) is 0 Å². The van der Waals surface area contributed by atoms with E-state index >= 15 is 0 Å². The van der Waals surface area contributed by atoms with Gasteiger partial charge in [0, 0.05) is 17.0 Å². The van der Waals surface area contributed by atoms with Crippen molar-refractivity contribution in [2.45, 2.75) is 57.8 Å². The molecule has 3 aromatic rings. The minimum absolute atomic E-state index is 0.0757. The summed E-state index contributed by atoms with van der Waals surface area (Å²) in [6.45, 7) is 6.13. The fraction of sp³-hybridized carbons (Fsp3) is 0.393. The van der Waals surface area contributed by atoms with Crippen molar-refractivity contribution in [1.29, 1.82) is 0 Å². The van der Waals surface area contributed by atoms with Crippen LogP contribution in [0.25, 0.3) is 0 Å². The second-order valence-corrected chi connectivity index (χ2v) is 10.4. The number of hydrogen-bond acceptors (Lipinski definition) is 8. The van der Waals surface area contributed by atoms with Gasteiger partial charge in [-0.2, -0.15) is 4.98 Å². The smallest absolute Gasteiger partial charge is 0.338 e. The first-order chi connectivity index (χ1) is 18.9. The summed E-state index contributed by atoms with van der Waals surface area (Å²) in [4.78, 5) is 17.9. The number of carbonyl (C=O) groups is 1. The van der Waals surface area contributed by atoms with Crippen LogP contribution in [0.15, 0.2) is 52.8 Å². The van der Waals surface area contributed by atoms with Crippen molar-refractivity contribution < 1.29 is 23.4 Å². The highest BCUT2D eigenvalue weighted by molar-refractivity contribution is 7.99. The third-order valence-corrected chi connectivity index (χ3v) is 7.43. The number of thioether (sulfide) groups is 1. The molecule has 1 unspecified atom stereocenters. The Bertz CT molecular complexity index is 1340. The summed E-state index contributed by atoms with van der Waals surface area (Å²) < 4.78 is 33.0. The molecule has 1 atom stereocenters. The van der Waals surface area contributed by atoms with E-state index in [1.807, 2.05) is 19.9 Å². The number of unbranched alkanes of at least 4 members (excludes halogenated alkanes) is 1. The number of esters is 1. The van der Waals surface area contributed by atoms with E-state index in [1.54, 1.807) is 40.7 Å². The number of benzene rings is 2. The first kappa shape index (κ1) is 28.8. The van der Waals surface area contributed by atoms with Gasteiger partial charge >= 0.3 is 5.97 Å². The van der Waals surface area contributed by atoms with E-state index in [0.717, 1.165) is 24.2 Å².